The molecule has 13 heavy (non-hydrogen) atoms. The largest absolute Gasteiger partial charge is 0.0654 e. The minimum absolute atomic E-state index is 0.629. The molecular formula is C13H28. The monoisotopic (exact) mass is 184 g/mol. The maximum absolute atomic E-state index is 2.46. The Hall–Kier alpha value is 0. The van der Waals surface area contributed by atoms with Crippen molar-refractivity contribution in [3.63, 3.8) is 0 Å². The summed E-state index contributed by atoms with van der Waals surface area (Å²) in [6.07, 6.45) is 8.34. The van der Waals surface area contributed by atoms with Crippen LogP contribution < -0.4 is 0 Å². The topological polar surface area (TPSA) is 0 Å². The predicted octanol–water partition coefficient (Wildman–Crippen LogP) is 5.03. The molecule has 0 nitrogen and oxygen atoms in total. The number of hydrogen-bond donors (Lipinski definition) is 0. The molecule has 0 amide bonds. The molecule has 0 saturated heterocycles. The van der Waals surface area contributed by atoms with Crippen LogP contribution in [0.1, 0.15) is 73.1 Å². The molecule has 1 unspecified atom stereocenters. The maximum atomic E-state index is 2.46. The van der Waals surface area contributed by atoms with E-state index >= 15 is 0 Å². The fraction of sp³-hybridized carbons (Fsp3) is 1.00. The van der Waals surface area contributed by atoms with E-state index in [-0.39, 0.29) is 0 Å². The lowest BCUT2D eigenvalue weighted by atomic mass is 9.78. The Kier molecular flexibility index (Phi) is 6.45. The van der Waals surface area contributed by atoms with E-state index in [1.807, 2.05) is 0 Å². The van der Waals surface area contributed by atoms with Gasteiger partial charge in [0.25, 0.3) is 0 Å². The normalized spacial score (nSPS) is 16.2. The number of hydrogen-bond acceptors (Lipinski definition) is 0. The van der Waals surface area contributed by atoms with E-state index in [9.17, 15) is 0 Å². The Morgan fingerprint density at radius 1 is 1.08 bits per heavy atom. The molecule has 0 heteroatoms. The van der Waals surface area contributed by atoms with Gasteiger partial charge in [-0.2, -0.15) is 0 Å². The molecule has 0 bridgehead atoms. The molecule has 0 aromatic carbocycles. The van der Waals surface area contributed by atoms with Gasteiger partial charge in [-0.3, -0.25) is 0 Å². The zero-order valence-corrected chi connectivity index (χ0v) is 10.3. The van der Waals surface area contributed by atoms with Gasteiger partial charge in [-0.05, 0) is 24.2 Å². The van der Waals surface area contributed by atoms with Crippen LogP contribution in [0.25, 0.3) is 0 Å². The van der Waals surface area contributed by atoms with Crippen molar-refractivity contribution >= 4 is 0 Å². The van der Waals surface area contributed by atoms with Gasteiger partial charge in [-0.25, -0.2) is 0 Å². The molecule has 0 aliphatic heterocycles. The third kappa shape index (κ3) is 6.12. The van der Waals surface area contributed by atoms with Crippen LogP contribution in [-0.2, 0) is 0 Å². The minimum atomic E-state index is 0.629. The van der Waals surface area contributed by atoms with Gasteiger partial charge in [-0.1, -0.05) is 60.3 Å². The summed E-state index contributed by atoms with van der Waals surface area (Å²) in [6, 6.07) is 0. The van der Waals surface area contributed by atoms with Crippen molar-refractivity contribution in [3.05, 3.63) is 0 Å². The van der Waals surface area contributed by atoms with E-state index < -0.39 is 0 Å². The highest BCUT2D eigenvalue weighted by atomic mass is 14.3. The van der Waals surface area contributed by atoms with E-state index in [0.29, 0.717) is 5.41 Å². The van der Waals surface area contributed by atoms with Gasteiger partial charge in [0.1, 0.15) is 0 Å². The second kappa shape index (κ2) is 6.45. The minimum Gasteiger partial charge on any atom is -0.0654 e. The first-order valence-corrected chi connectivity index (χ1v) is 6.04. The van der Waals surface area contributed by atoms with Gasteiger partial charge >= 0.3 is 0 Å². The maximum Gasteiger partial charge on any atom is -0.0329 e. The summed E-state index contributed by atoms with van der Waals surface area (Å²) in [5.74, 6) is 0.878. The summed E-state index contributed by atoms with van der Waals surface area (Å²) in [6.45, 7) is 11.7. The van der Waals surface area contributed by atoms with Gasteiger partial charge in [0.15, 0.2) is 0 Å². The van der Waals surface area contributed by atoms with Gasteiger partial charge in [-0.15, -0.1) is 0 Å². The molecule has 0 heterocycles. The van der Waals surface area contributed by atoms with E-state index in [0.717, 1.165) is 5.92 Å². The molecule has 80 valence electrons. The Morgan fingerprint density at radius 2 is 1.69 bits per heavy atom. The first kappa shape index (κ1) is 13.0. The van der Waals surface area contributed by atoms with Crippen molar-refractivity contribution in [1.82, 2.24) is 0 Å². The van der Waals surface area contributed by atoms with Gasteiger partial charge in [0, 0.05) is 0 Å². The fourth-order valence-corrected chi connectivity index (χ4v) is 2.02. The van der Waals surface area contributed by atoms with Crippen molar-refractivity contribution in [2.45, 2.75) is 73.1 Å². The number of rotatable bonds is 7. The molecule has 0 aromatic heterocycles. The SMILES string of the molecule is CCCC(C)(CC)CCCC(C)C. The van der Waals surface area contributed by atoms with Crippen molar-refractivity contribution in [2.75, 3.05) is 0 Å². The van der Waals surface area contributed by atoms with E-state index in [1.165, 1.54) is 38.5 Å². The fourth-order valence-electron chi connectivity index (χ4n) is 2.02. The van der Waals surface area contributed by atoms with Gasteiger partial charge < -0.3 is 0 Å². The molecule has 0 aromatic rings. The highest BCUT2D eigenvalue weighted by Crippen LogP contribution is 2.33. The zero-order valence-electron chi connectivity index (χ0n) is 10.3. The molecule has 0 N–H and O–H groups in total. The first-order chi connectivity index (χ1) is 6.04. The van der Waals surface area contributed by atoms with Crippen molar-refractivity contribution in [2.24, 2.45) is 11.3 Å². The Balaban J connectivity index is 3.69. The van der Waals surface area contributed by atoms with Crippen LogP contribution >= 0.6 is 0 Å². The van der Waals surface area contributed by atoms with Crippen LogP contribution in [0, 0.1) is 11.3 Å². The van der Waals surface area contributed by atoms with Gasteiger partial charge in [0.2, 0.25) is 0 Å². The average molecular weight is 184 g/mol. The van der Waals surface area contributed by atoms with Crippen molar-refractivity contribution < 1.29 is 0 Å². The summed E-state index contributed by atoms with van der Waals surface area (Å²) in [7, 11) is 0. The lowest BCUT2D eigenvalue weighted by Crippen LogP contribution is -2.14. The Morgan fingerprint density at radius 3 is 2.08 bits per heavy atom. The average Bonchev–Trinajstić information content (AvgIpc) is 2.04. The first-order valence-electron chi connectivity index (χ1n) is 6.04. The quantitative estimate of drug-likeness (QED) is 0.520. The highest BCUT2D eigenvalue weighted by Gasteiger charge is 2.19. The summed E-state index contributed by atoms with van der Waals surface area (Å²) < 4.78 is 0. The van der Waals surface area contributed by atoms with E-state index in [2.05, 4.69) is 34.6 Å². The standard InChI is InChI=1S/C13H28/c1-6-10-13(5,7-2)11-8-9-12(3)4/h12H,6-11H2,1-5H3. The van der Waals surface area contributed by atoms with E-state index in [4.69, 9.17) is 0 Å². The van der Waals surface area contributed by atoms with E-state index in [1.54, 1.807) is 0 Å². The molecule has 0 radical (unpaired) electrons. The lowest BCUT2D eigenvalue weighted by molar-refractivity contribution is 0.244. The lowest BCUT2D eigenvalue weighted by Gasteiger charge is -2.28. The second-order valence-electron chi connectivity index (χ2n) is 5.20. The summed E-state index contributed by atoms with van der Waals surface area (Å²) in [5, 5.41) is 0. The molecule has 0 saturated carbocycles. The summed E-state index contributed by atoms with van der Waals surface area (Å²) in [5.41, 5.74) is 0.629. The van der Waals surface area contributed by atoms with Crippen LogP contribution in [0.15, 0.2) is 0 Å². The molecular weight excluding hydrogens is 156 g/mol. The third-order valence-corrected chi connectivity index (χ3v) is 3.27. The highest BCUT2D eigenvalue weighted by molar-refractivity contribution is 4.72. The zero-order chi connectivity index (χ0) is 10.3. The van der Waals surface area contributed by atoms with Gasteiger partial charge in [0.05, 0.1) is 0 Å². The van der Waals surface area contributed by atoms with Crippen LogP contribution in [0.3, 0.4) is 0 Å². The molecule has 0 rings (SSSR count). The molecule has 0 spiro atoms. The van der Waals surface area contributed by atoms with Crippen LogP contribution in [0.5, 0.6) is 0 Å². The third-order valence-electron chi connectivity index (χ3n) is 3.27. The second-order valence-corrected chi connectivity index (χ2v) is 5.20. The smallest absolute Gasteiger partial charge is 0.0329 e. The van der Waals surface area contributed by atoms with Crippen LogP contribution in [0.2, 0.25) is 0 Å². The van der Waals surface area contributed by atoms with Crippen molar-refractivity contribution in [3.8, 4) is 0 Å². The Bertz CT molecular complexity index is 115. The molecule has 0 aliphatic carbocycles. The van der Waals surface area contributed by atoms with Crippen molar-refractivity contribution in [1.29, 1.82) is 0 Å². The molecule has 1 atom stereocenters. The summed E-state index contributed by atoms with van der Waals surface area (Å²) >= 11 is 0. The molecule has 0 aliphatic rings. The van der Waals surface area contributed by atoms with Crippen LogP contribution in [-0.4, -0.2) is 0 Å². The molecule has 0 fully saturated rings. The Labute approximate surface area is 85.1 Å². The van der Waals surface area contributed by atoms with Crippen LogP contribution in [0.4, 0.5) is 0 Å². The predicted molar refractivity (Wildman–Crippen MR) is 62.0 cm³/mol. The summed E-state index contributed by atoms with van der Waals surface area (Å²) in [4.78, 5) is 0.